The van der Waals surface area contributed by atoms with E-state index in [2.05, 4.69) is 4.98 Å². The molecule has 2 heterocycles. The summed E-state index contributed by atoms with van der Waals surface area (Å²) in [7, 11) is 0. The Morgan fingerprint density at radius 1 is 0.839 bits per heavy atom. The molecular weight excluding hydrogens is 411 g/mol. The smallest absolute Gasteiger partial charge is 0.266 e. The SMILES string of the molecule is Cc1nc2ccccc2nc1CSc1nc2ccccc2c(=O)n1-c1ccc(F)cc1. The summed E-state index contributed by atoms with van der Waals surface area (Å²) in [6.45, 7) is 1.93. The Morgan fingerprint density at radius 2 is 1.48 bits per heavy atom. The average molecular weight is 428 g/mol. The van der Waals surface area contributed by atoms with Gasteiger partial charge in [0.1, 0.15) is 5.82 Å². The Labute approximate surface area is 181 Å². The van der Waals surface area contributed by atoms with Crippen LogP contribution in [0.25, 0.3) is 27.6 Å². The molecule has 0 fully saturated rings. The highest BCUT2D eigenvalue weighted by molar-refractivity contribution is 7.98. The van der Waals surface area contributed by atoms with Crippen molar-refractivity contribution in [2.24, 2.45) is 0 Å². The number of aromatic nitrogens is 4. The zero-order valence-electron chi connectivity index (χ0n) is 16.6. The van der Waals surface area contributed by atoms with E-state index in [0.29, 0.717) is 27.5 Å². The van der Waals surface area contributed by atoms with E-state index in [-0.39, 0.29) is 11.4 Å². The third-order valence-electron chi connectivity index (χ3n) is 5.01. The molecule has 0 spiro atoms. The van der Waals surface area contributed by atoms with Crippen LogP contribution in [0.4, 0.5) is 4.39 Å². The summed E-state index contributed by atoms with van der Waals surface area (Å²) in [6.07, 6.45) is 0. The normalized spacial score (nSPS) is 11.3. The fourth-order valence-electron chi connectivity index (χ4n) is 3.42. The zero-order chi connectivity index (χ0) is 21.4. The average Bonchev–Trinajstić information content (AvgIpc) is 2.79. The Kier molecular flexibility index (Phi) is 4.95. The van der Waals surface area contributed by atoms with Crippen molar-refractivity contribution >= 4 is 33.7 Å². The number of para-hydroxylation sites is 3. The molecule has 0 saturated heterocycles. The van der Waals surface area contributed by atoms with Gasteiger partial charge >= 0.3 is 0 Å². The second kappa shape index (κ2) is 7.92. The van der Waals surface area contributed by atoms with E-state index in [0.717, 1.165) is 22.4 Å². The summed E-state index contributed by atoms with van der Waals surface area (Å²) in [5.74, 6) is 0.136. The van der Waals surface area contributed by atoms with Crippen LogP contribution in [0.1, 0.15) is 11.4 Å². The first-order valence-corrected chi connectivity index (χ1v) is 10.7. The van der Waals surface area contributed by atoms with Crippen LogP contribution in [-0.4, -0.2) is 19.5 Å². The highest BCUT2D eigenvalue weighted by Gasteiger charge is 2.15. The molecule has 152 valence electrons. The van der Waals surface area contributed by atoms with Crippen LogP contribution in [0.15, 0.2) is 82.7 Å². The second-order valence-corrected chi connectivity index (χ2v) is 8.00. The van der Waals surface area contributed by atoms with Crippen molar-refractivity contribution < 1.29 is 4.39 Å². The quantitative estimate of drug-likeness (QED) is 0.295. The molecule has 5 nitrogen and oxygen atoms in total. The van der Waals surface area contributed by atoms with Crippen molar-refractivity contribution in [2.75, 3.05) is 0 Å². The molecule has 5 rings (SSSR count). The van der Waals surface area contributed by atoms with Gasteiger partial charge in [-0.25, -0.2) is 19.3 Å². The predicted molar refractivity (Wildman–Crippen MR) is 121 cm³/mol. The molecule has 3 aromatic carbocycles. The van der Waals surface area contributed by atoms with Crippen LogP contribution in [0, 0.1) is 12.7 Å². The maximum atomic E-state index is 13.5. The highest BCUT2D eigenvalue weighted by atomic mass is 32.2. The van der Waals surface area contributed by atoms with Crippen LogP contribution in [0.5, 0.6) is 0 Å². The lowest BCUT2D eigenvalue weighted by molar-refractivity contribution is 0.627. The molecule has 0 N–H and O–H groups in total. The summed E-state index contributed by atoms with van der Waals surface area (Å²) in [5.41, 5.74) is 4.33. The fourth-order valence-corrected chi connectivity index (χ4v) is 4.44. The van der Waals surface area contributed by atoms with Gasteiger partial charge in [-0.3, -0.25) is 9.36 Å². The largest absolute Gasteiger partial charge is 0.268 e. The Balaban J connectivity index is 1.61. The maximum absolute atomic E-state index is 13.5. The summed E-state index contributed by atoms with van der Waals surface area (Å²) < 4.78 is 15.0. The van der Waals surface area contributed by atoms with Gasteiger partial charge < -0.3 is 0 Å². The van der Waals surface area contributed by atoms with Gasteiger partial charge in [-0.1, -0.05) is 36.0 Å². The van der Waals surface area contributed by atoms with Crippen LogP contribution >= 0.6 is 11.8 Å². The van der Waals surface area contributed by atoms with Crippen LogP contribution < -0.4 is 5.56 Å². The monoisotopic (exact) mass is 428 g/mol. The standard InChI is InChI=1S/C24H17FN4OS/c1-15-22(27-21-9-5-4-8-20(21)26-15)14-31-24-28-19-7-3-2-6-18(19)23(30)29(24)17-12-10-16(25)11-13-17/h2-13H,14H2,1H3. The number of hydrogen-bond acceptors (Lipinski definition) is 5. The molecule has 0 aliphatic rings. The molecular formula is C24H17FN4OS. The molecule has 0 aliphatic carbocycles. The van der Waals surface area contributed by atoms with E-state index in [9.17, 15) is 9.18 Å². The minimum absolute atomic E-state index is 0.193. The van der Waals surface area contributed by atoms with Crippen molar-refractivity contribution in [3.63, 3.8) is 0 Å². The molecule has 2 aromatic heterocycles. The molecule has 0 radical (unpaired) electrons. The van der Waals surface area contributed by atoms with Crippen LogP contribution in [0.2, 0.25) is 0 Å². The van der Waals surface area contributed by atoms with Crippen molar-refractivity contribution in [3.8, 4) is 5.69 Å². The summed E-state index contributed by atoms with van der Waals surface area (Å²) in [4.78, 5) is 27.4. The van der Waals surface area contributed by atoms with Gasteiger partial charge in [0.05, 0.1) is 39.0 Å². The van der Waals surface area contributed by atoms with Gasteiger partial charge in [0.15, 0.2) is 5.16 Å². The van der Waals surface area contributed by atoms with Gasteiger partial charge in [-0.2, -0.15) is 0 Å². The molecule has 5 aromatic rings. The van der Waals surface area contributed by atoms with Gasteiger partial charge in [-0.15, -0.1) is 0 Å². The minimum atomic E-state index is -0.359. The number of benzene rings is 3. The van der Waals surface area contributed by atoms with E-state index in [1.165, 1.54) is 28.5 Å². The van der Waals surface area contributed by atoms with Crippen molar-refractivity contribution in [3.05, 3.63) is 100 Å². The molecule has 0 bridgehead atoms. The molecule has 7 heteroatoms. The fraction of sp³-hybridized carbons (Fsp3) is 0.0833. The number of rotatable bonds is 4. The minimum Gasteiger partial charge on any atom is -0.268 e. The summed E-state index contributed by atoms with van der Waals surface area (Å²) >= 11 is 1.41. The first-order chi connectivity index (χ1) is 15.1. The lowest BCUT2D eigenvalue weighted by Gasteiger charge is -2.13. The molecule has 0 saturated carbocycles. The maximum Gasteiger partial charge on any atom is 0.266 e. The first-order valence-electron chi connectivity index (χ1n) is 9.73. The number of nitrogens with zero attached hydrogens (tertiary/aromatic N) is 4. The Bertz CT molecular complexity index is 1480. The van der Waals surface area contributed by atoms with E-state index in [1.54, 1.807) is 24.3 Å². The second-order valence-electron chi connectivity index (χ2n) is 7.06. The van der Waals surface area contributed by atoms with Crippen LogP contribution in [0.3, 0.4) is 0 Å². The Morgan fingerprint density at radius 3 is 2.23 bits per heavy atom. The van der Waals surface area contributed by atoms with E-state index in [4.69, 9.17) is 9.97 Å². The first kappa shape index (κ1) is 19.4. The zero-order valence-corrected chi connectivity index (χ0v) is 17.4. The van der Waals surface area contributed by atoms with E-state index >= 15 is 0 Å². The van der Waals surface area contributed by atoms with Crippen LogP contribution in [-0.2, 0) is 5.75 Å². The summed E-state index contributed by atoms with van der Waals surface area (Å²) in [6, 6.07) is 20.8. The molecule has 31 heavy (non-hydrogen) atoms. The van der Waals surface area contributed by atoms with Gasteiger partial charge in [-0.05, 0) is 55.5 Å². The number of fused-ring (bicyclic) bond motifs is 2. The molecule has 0 atom stereocenters. The highest BCUT2D eigenvalue weighted by Crippen LogP contribution is 2.26. The van der Waals surface area contributed by atoms with Gasteiger partial charge in [0.25, 0.3) is 5.56 Å². The predicted octanol–water partition coefficient (Wildman–Crippen LogP) is 5.07. The number of thioether (sulfide) groups is 1. The van der Waals surface area contributed by atoms with E-state index in [1.807, 2.05) is 43.3 Å². The molecule has 0 amide bonds. The molecule has 0 aliphatic heterocycles. The van der Waals surface area contributed by atoms with Crippen molar-refractivity contribution in [2.45, 2.75) is 17.8 Å². The van der Waals surface area contributed by atoms with Gasteiger partial charge in [0.2, 0.25) is 0 Å². The topological polar surface area (TPSA) is 60.7 Å². The van der Waals surface area contributed by atoms with Crippen molar-refractivity contribution in [1.29, 1.82) is 0 Å². The third-order valence-corrected chi connectivity index (χ3v) is 5.96. The lowest BCUT2D eigenvalue weighted by Crippen LogP contribution is -2.21. The van der Waals surface area contributed by atoms with E-state index < -0.39 is 0 Å². The Hall–Kier alpha value is -3.58. The number of hydrogen-bond donors (Lipinski definition) is 0. The lowest BCUT2D eigenvalue weighted by atomic mass is 10.2. The third kappa shape index (κ3) is 3.68. The number of halogens is 1. The van der Waals surface area contributed by atoms with Crippen molar-refractivity contribution in [1.82, 2.24) is 19.5 Å². The summed E-state index contributed by atoms with van der Waals surface area (Å²) in [5, 5.41) is 1.03. The van der Waals surface area contributed by atoms with Gasteiger partial charge in [0, 0.05) is 5.75 Å². The molecule has 0 unspecified atom stereocenters. The number of aryl methyl sites for hydroxylation is 1.